The number of hydrogen-bond donors (Lipinski definition) is 0. The summed E-state index contributed by atoms with van der Waals surface area (Å²) in [5, 5.41) is 0. The van der Waals surface area contributed by atoms with Gasteiger partial charge in [0.15, 0.2) is 5.60 Å². The van der Waals surface area contributed by atoms with Gasteiger partial charge < -0.3 is 14.2 Å². The van der Waals surface area contributed by atoms with E-state index in [1.165, 1.54) is 7.11 Å². The topological polar surface area (TPSA) is 27.7 Å². The fourth-order valence-electron chi connectivity index (χ4n) is 7.71. The van der Waals surface area contributed by atoms with E-state index in [1.54, 1.807) is 0 Å². The fraction of sp³-hybridized carbons (Fsp3) is 1.00. The Morgan fingerprint density at radius 3 is 2.28 bits per heavy atom. The summed E-state index contributed by atoms with van der Waals surface area (Å²) in [6.07, 6.45) is -3.16. The van der Waals surface area contributed by atoms with Crippen LogP contribution in [0.15, 0.2) is 0 Å². The quantitative estimate of drug-likeness (QED) is 0.232. The smallest absolute Gasteiger partial charge is 0.382 e. The molecule has 0 heterocycles. The van der Waals surface area contributed by atoms with Gasteiger partial charge in [0.1, 0.15) is 12.5 Å². The SMILES string of the molecule is COCCOCOC(C)(CC1(F)CC2CC1C1C3CC(C(C)C3C)C21)C(F)(F)F. The van der Waals surface area contributed by atoms with Crippen LogP contribution >= 0.6 is 0 Å². The summed E-state index contributed by atoms with van der Waals surface area (Å²) in [7, 11) is 1.48. The predicted octanol–water partition coefficient (Wildman–Crippen LogP) is 5.24. The number of hydrogen-bond acceptors (Lipinski definition) is 3. The van der Waals surface area contributed by atoms with E-state index in [4.69, 9.17) is 14.2 Å². The summed E-state index contributed by atoms with van der Waals surface area (Å²) in [5.74, 6) is 3.06. The highest BCUT2D eigenvalue weighted by molar-refractivity contribution is 5.19. The molecule has 4 rings (SSSR count). The Morgan fingerprint density at radius 1 is 1.00 bits per heavy atom. The van der Waals surface area contributed by atoms with Crippen LogP contribution in [0, 0.1) is 47.3 Å². The molecule has 0 radical (unpaired) electrons. The first-order valence-electron chi connectivity index (χ1n) is 11.0. The van der Waals surface area contributed by atoms with Crippen LogP contribution in [0.25, 0.3) is 0 Å². The lowest BCUT2D eigenvalue weighted by Gasteiger charge is -2.48. The van der Waals surface area contributed by atoms with E-state index in [1.807, 2.05) is 0 Å². The molecule has 4 saturated carbocycles. The van der Waals surface area contributed by atoms with Gasteiger partial charge in [-0.25, -0.2) is 4.39 Å². The molecular formula is C22H34F4O3. The Kier molecular flexibility index (Phi) is 5.52. The van der Waals surface area contributed by atoms with E-state index >= 15 is 4.39 Å². The highest BCUT2D eigenvalue weighted by Crippen LogP contribution is 2.73. The van der Waals surface area contributed by atoms with Crippen molar-refractivity contribution in [1.82, 2.24) is 0 Å². The van der Waals surface area contributed by atoms with Crippen LogP contribution in [0.4, 0.5) is 17.6 Å². The lowest BCUT2D eigenvalue weighted by Crippen LogP contribution is -2.54. The highest BCUT2D eigenvalue weighted by atomic mass is 19.4. The molecule has 0 aromatic heterocycles. The van der Waals surface area contributed by atoms with Crippen molar-refractivity contribution in [2.75, 3.05) is 27.1 Å². The third-order valence-corrected chi connectivity index (χ3v) is 9.11. The Labute approximate surface area is 170 Å². The second kappa shape index (κ2) is 7.33. The summed E-state index contributed by atoms with van der Waals surface area (Å²) in [5.41, 5.74) is -4.36. The van der Waals surface area contributed by atoms with Crippen molar-refractivity contribution in [3.63, 3.8) is 0 Å². The summed E-state index contributed by atoms with van der Waals surface area (Å²) in [6.45, 7) is 5.41. The average molecular weight is 423 g/mol. The van der Waals surface area contributed by atoms with Gasteiger partial charge in [0.05, 0.1) is 13.2 Å². The van der Waals surface area contributed by atoms with E-state index in [9.17, 15) is 13.2 Å². The van der Waals surface area contributed by atoms with Gasteiger partial charge in [0, 0.05) is 13.5 Å². The molecule has 168 valence electrons. The van der Waals surface area contributed by atoms with Gasteiger partial charge in [-0.05, 0) is 73.5 Å². The number of fused-ring (bicyclic) bond motifs is 9. The van der Waals surface area contributed by atoms with Gasteiger partial charge in [0.25, 0.3) is 0 Å². The largest absolute Gasteiger partial charge is 0.417 e. The Balaban J connectivity index is 1.48. The molecule has 10 atom stereocenters. The number of alkyl halides is 4. The molecule has 0 amide bonds. The average Bonchev–Trinajstić information content (AvgIpc) is 3.33. The van der Waals surface area contributed by atoms with Crippen molar-refractivity contribution in [3.8, 4) is 0 Å². The number of halogens is 4. The molecule has 0 N–H and O–H groups in total. The third-order valence-electron chi connectivity index (χ3n) is 9.11. The Morgan fingerprint density at radius 2 is 1.66 bits per heavy atom. The van der Waals surface area contributed by atoms with Gasteiger partial charge in [-0.3, -0.25) is 0 Å². The van der Waals surface area contributed by atoms with Crippen molar-refractivity contribution in [2.24, 2.45) is 47.3 Å². The molecule has 0 aromatic carbocycles. The zero-order valence-electron chi connectivity index (χ0n) is 17.8. The molecule has 3 nitrogen and oxygen atoms in total. The van der Waals surface area contributed by atoms with E-state index in [-0.39, 0.29) is 37.4 Å². The lowest BCUT2D eigenvalue weighted by atomic mass is 9.60. The highest BCUT2D eigenvalue weighted by Gasteiger charge is 2.72. The van der Waals surface area contributed by atoms with Crippen LogP contribution < -0.4 is 0 Å². The molecule has 29 heavy (non-hydrogen) atoms. The van der Waals surface area contributed by atoms with Crippen LogP contribution in [0.5, 0.6) is 0 Å². The molecule has 0 spiro atoms. The molecule has 0 saturated heterocycles. The van der Waals surface area contributed by atoms with Crippen molar-refractivity contribution >= 4 is 0 Å². The fourth-order valence-corrected chi connectivity index (χ4v) is 7.71. The molecule has 4 fully saturated rings. The monoisotopic (exact) mass is 422 g/mol. The number of ether oxygens (including phenoxy) is 3. The summed E-state index contributed by atoms with van der Waals surface area (Å²) < 4.78 is 73.0. The molecule has 7 heteroatoms. The van der Waals surface area contributed by atoms with Gasteiger partial charge in [0.2, 0.25) is 0 Å². The molecule has 10 unspecified atom stereocenters. The summed E-state index contributed by atoms with van der Waals surface area (Å²) in [4.78, 5) is 0. The minimum absolute atomic E-state index is 0.138. The van der Waals surface area contributed by atoms with E-state index < -0.39 is 30.7 Å². The molecule has 4 bridgehead atoms. The maximum atomic E-state index is 16.2. The predicted molar refractivity (Wildman–Crippen MR) is 99.8 cm³/mol. The van der Waals surface area contributed by atoms with Crippen molar-refractivity contribution < 1.29 is 31.8 Å². The van der Waals surface area contributed by atoms with E-state index in [0.29, 0.717) is 29.6 Å². The Hall–Kier alpha value is -0.400. The molecule has 4 aliphatic rings. The molecular weight excluding hydrogens is 388 g/mol. The van der Waals surface area contributed by atoms with Gasteiger partial charge in [-0.1, -0.05) is 13.8 Å². The van der Waals surface area contributed by atoms with Gasteiger partial charge in [-0.15, -0.1) is 0 Å². The second-order valence-electron chi connectivity index (χ2n) is 10.3. The summed E-state index contributed by atoms with van der Waals surface area (Å²) >= 11 is 0. The third kappa shape index (κ3) is 3.34. The molecule has 0 aliphatic heterocycles. The summed E-state index contributed by atoms with van der Waals surface area (Å²) in [6, 6.07) is 0. The van der Waals surface area contributed by atoms with Crippen LogP contribution in [-0.2, 0) is 14.2 Å². The van der Waals surface area contributed by atoms with E-state index in [0.717, 1.165) is 19.8 Å². The van der Waals surface area contributed by atoms with Crippen LogP contribution in [0.2, 0.25) is 0 Å². The van der Waals surface area contributed by atoms with Crippen LogP contribution in [0.3, 0.4) is 0 Å². The van der Waals surface area contributed by atoms with E-state index in [2.05, 4.69) is 13.8 Å². The van der Waals surface area contributed by atoms with Crippen LogP contribution in [0.1, 0.15) is 46.5 Å². The van der Waals surface area contributed by atoms with Crippen LogP contribution in [-0.4, -0.2) is 44.6 Å². The number of methoxy groups -OCH3 is 1. The maximum absolute atomic E-state index is 16.2. The standard InChI is InChI=1S/C22H34F4O3/c1-12-13(2)16-8-15(12)18-14-7-17(19(16)18)21(23,9-14)10-20(3,22(24,25)26)29-11-28-6-5-27-4/h12-19H,5-11H2,1-4H3. The number of rotatable bonds is 8. The van der Waals surface area contributed by atoms with Crippen molar-refractivity contribution in [1.29, 1.82) is 0 Å². The second-order valence-corrected chi connectivity index (χ2v) is 10.3. The van der Waals surface area contributed by atoms with Gasteiger partial charge in [-0.2, -0.15) is 13.2 Å². The molecule has 0 aromatic rings. The lowest BCUT2D eigenvalue weighted by molar-refractivity contribution is -0.304. The Bertz CT molecular complexity index is 613. The first kappa shape index (κ1) is 21.8. The zero-order chi connectivity index (χ0) is 21.2. The van der Waals surface area contributed by atoms with Gasteiger partial charge >= 0.3 is 6.18 Å². The first-order valence-corrected chi connectivity index (χ1v) is 11.0. The zero-order valence-corrected chi connectivity index (χ0v) is 17.8. The minimum Gasteiger partial charge on any atom is -0.382 e. The first-order chi connectivity index (χ1) is 13.5. The molecule has 4 aliphatic carbocycles. The minimum atomic E-state index is -4.66. The van der Waals surface area contributed by atoms with Crippen molar-refractivity contribution in [3.05, 3.63) is 0 Å². The maximum Gasteiger partial charge on any atom is 0.417 e. The normalized spacial score (nSPS) is 47.6. The van der Waals surface area contributed by atoms with Crippen molar-refractivity contribution in [2.45, 2.75) is 63.9 Å².